The molecule has 2 N–H and O–H groups in total. The average molecular weight is 350 g/mol. The van der Waals surface area contributed by atoms with Crippen LogP contribution in [-0.4, -0.2) is 22.5 Å². The molecule has 0 aliphatic carbocycles. The number of aromatic amines is 1. The summed E-state index contributed by atoms with van der Waals surface area (Å²) in [6.07, 6.45) is 0. The molecule has 0 atom stereocenters. The second-order valence-electron chi connectivity index (χ2n) is 4.82. The van der Waals surface area contributed by atoms with Crippen LogP contribution >= 0.6 is 23.2 Å². The topological polar surface area (TPSA) is 67.0 Å². The SMILES string of the molecule is CCOC(=O)c1ccc2nc(Nc3cc(Cl)cc(Cl)c3)[nH]c2c1. The molecule has 7 heteroatoms. The molecule has 0 fully saturated rings. The number of esters is 1. The molecule has 0 unspecified atom stereocenters. The zero-order valence-electron chi connectivity index (χ0n) is 12.2. The van der Waals surface area contributed by atoms with Crippen LogP contribution in [0.25, 0.3) is 11.0 Å². The van der Waals surface area contributed by atoms with Gasteiger partial charge in [-0.2, -0.15) is 0 Å². The molecule has 1 heterocycles. The first-order valence-corrected chi connectivity index (χ1v) is 7.71. The van der Waals surface area contributed by atoms with Gasteiger partial charge in [0.25, 0.3) is 0 Å². The van der Waals surface area contributed by atoms with Crippen LogP contribution < -0.4 is 5.32 Å². The third-order valence-electron chi connectivity index (χ3n) is 3.12. The maximum Gasteiger partial charge on any atom is 0.338 e. The van der Waals surface area contributed by atoms with Crippen LogP contribution in [0.4, 0.5) is 11.6 Å². The number of H-pyrrole nitrogens is 1. The minimum absolute atomic E-state index is 0.335. The molecule has 2 aromatic carbocycles. The molecule has 3 rings (SSSR count). The van der Waals surface area contributed by atoms with E-state index in [0.717, 1.165) is 11.0 Å². The van der Waals surface area contributed by atoms with Gasteiger partial charge in [-0.25, -0.2) is 9.78 Å². The number of carbonyl (C=O) groups is 1. The molecule has 0 amide bonds. The quantitative estimate of drug-likeness (QED) is 0.664. The Hall–Kier alpha value is -2.24. The number of ether oxygens (including phenoxy) is 1. The van der Waals surface area contributed by atoms with E-state index in [9.17, 15) is 4.79 Å². The lowest BCUT2D eigenvalue weighted by Crippen LogP contribution is -2.04. The van der Waals surface area contributed by atoms with E-state index in [0.29, 0.717) is 33.9 Å². The fraction of sp³-hybridized carbons (Fsp3) is 0.125. The Labute approximate surface area is 142 Å². The van der Waals surface area contributed by atoms with E-state index in [-0.39, 0.29) is 5.97 Å². The summed E-state index contributed by atoms with van der Waals surface area (Å²) in [5.74, 6) is 0.166. The first kappa shape index (κ1) is 15.6. The smallest absolute Gasteiger partial charge is 0.338 e. The molecule has 23 heavy (non-hydrogen) atoms. The highest BCUT2D eigenvalue weighted by Crippen LogP contribution is 2.25. The van der Waals surface area contributed by atoms with E-state index in [4.69, 9.17) is 27.9 Å². The Morgan fingerprint density at radius 1 is 1.22 bits per heavy atom. The minimum Gasteiger partial charge on any atom is -0.462 e. The van der Waals surface area contributed by atoms with Crippen molar-refractivity contribution in [2.45, 2.75) is 6.92 Å². The fourth-order valence-corrected chi connectivity index (χ4v) is 2.70. The summed E-state index contributed by atoms with van der Waals surface area (Å²) in [6, 6.07) is 10.3. The lowest BCUT2D eigenvalue weighted by molar-refractivity contribution is 0.0526. The number of rotatable bonds is 4. The Balaban J connectivity index is 1.89. The Bertz CT molecular complexity index is 857. The number of hydrogen-bond acceptors (Lipinski definition) is 4. The van der Waals surface area contributed by atoms with Crippen LogP contribution in [-0.2, 0) is 4.74 Å². The summed E-state index contributed by atoms with van der Waals surface area (Å²) in [5, 5.41) is 4.15. The van der Waals surface area contributed by atoms with Gasteiger partial charge in [-0.3, -0.25) is 0 Å². The summed E-state index contributed by atoms with van der Waals surface area (Å²) in [4.78, 5) is 19.3. The molecular weight excluding hydrogens is 337 g/mol. The maximum atomic E-state index is 11.8. The van der Waals surface area contributed by atoms with Crippen molar-refractivity contribution in [3.05, 3.63) is 52.0 Å². The largest absolute Gasteiger partial charge is 0.462 e. The second kappa shape index (κ2) is 6.48. The number of imidazole rings is 1. The van der Waals surface area contributed by atoms with Crippen LogP contribution in [0, 0.1) is 0 Å². The average Bonchev–Trinajstić information content (AvgIpc) is 2.87. The van der Waals surface area contributed by atoms with Gasteiger partial charge >= 0.3 is 5.97 Å². The number of benzene rings is 2. The van der Waals surface area contributed by atoms with Crippen molar-refractivity contribution in [1.82, 2.24) is 9.97 Å². The molecule has 0 aliphatic rings. The number of fused-ring (bicyclic) bond motifs is 1. The number of nitrogens with zero attached hydrogens (tertiary/aromatic N) is 1. The highest BCUT2D eigenvalue weighted by Gasteiger charge is 2.10. The lowest BCUT2D eigenvalue weighted by atomic mass is 10.2. The van der Waals surface area contributed by atoms with Gasteiger partial charge in [0.05, 0.1) is 23.2 Å². The lowest BCUT2D eigenvalue weighted by Gasteiger charge is -2.03. The van der Waals surface area contributed by atoms with Crippen LogP contribution in [0.2, 0.25) is 10.0 Å². The molecule has 0 saturated heterocycles. The van der Waals surface area contributed by atoms with Crippen molar-refractivity contribution in [2.24, 2.45) is 0 Å². The van der Waals surface area contributed by atoms with Gasteiger partial charge in [-0.1, -0.05) is 23.2 Å². The third kappa shape index (κ3) is 3.57. The first-order valence-electron chi connectivity index (χ1n) is 6.95. The van der Waals surface area contributed by atoms with Crippen molar-refractivity contribution in [3.63, 3.8) is 0 Å². The van der Waals surface area contributed by atoms with Gasteiger partial charge < -0.3 is 15.0 Å². The molecule has 0 aliphatic heterocycles. The number of aromatic nitrogens is 2. The first-order chi connectivity index (χ1) is 11.0. The van der Waals surface area contributed by atoms with E-state index in [2.05, 4.69) is 15.3 Å². The molecule has 0 bridgehead atoms. The van der Waals surface area contributed by atoms with Crippen LogP contribution in [0.1, 0.15) is 17.3 Å². The van der Waals surface area contributed by atoms with Crippen molar-refractivity contribution in [2.75, 3.05) is 11.9 Å². The van der Waals surface area contributed by atoms with E-state index >= 15 is 0 Å². The van der Waals surface area contributed by atoms with Gasteiger partial charge in [-0.05, 0) is 43.3 Å². The van der Waals surface area contributed by atoms with Crippen molar-refractivity contribution < 1.29 is 9.53 Å². The van der Waals surface area contributed by atoms with Crippen molar-refractivity contribution in [3.8, 4) is 0 Å². The normalized spacial score (nSPS) is 10.7. The Morgan fingerprint density at radius 3 is 2.65 bits per heavy atom. The predicted molar refractivity (Wildman–Crippen MR) is 91.8 cm³/mol. The fourth-order valence-electron chi connectivity index (χ4n) is 2.17. The molecule has 0 saturated carbocycles. The number of nitrogens with one attached hydrogen (secondary N) is 2. The molecule has 3 aromatic rings. The van der Waals surface area contributed by atoms with Gasteiger partial charge in [0.1, 0.15) is 0 Å². The summed E-state index contributed by atoms with van der Waals surface area (Å²) < 4.78 is 4.99. The monoisotopic (exact) mass is 349 g/mol. The Morgan fingerprint density at radius 2 is 1.96 bits per heavy atom. The zero-order chi connectivity index (χ0) is 16.4. The second-order valence-corrected chi connectivity index (χ2v) is 5.69. The van der Waals surface area contributed by atoms with Gasteiger partial charge in [0.15, 0.2) is 0 Å². The number of anilines is 2. The summed E-state index contributed by atoms with van der Waals surface area (Å²) in [6.45, 7) is 2.10. The molecular formula is C16H13Cl2N3O2. The van der Waals surface area contributed by atoms with E-state index in [1.165, 1.54) is 0 Å². The van der Waals surface area contributed by atoms with Gasteiger partial charge in [0, 0.05) is 15.7 Å². The van der Waals surface area contributed by atoms with E-state index < -0.39 is 0 Å². The number of hydrogen-bond donors (Lipinski definition) is 2. The summed E-state index contributed by atoms with van der Waals surface area (Å²) in [5.41, 5.74) is 2.65. The van der Waals surface area contributed by atoms with Gasteiger partial charge in [-0.15, -0.1) is 0 Å². The van der Waals surface area contributed by atoms with Crippen molar-refractivity contribution in [1.29, 1.82) is 0 Å². The number of halogens is 2. The highest BCUT2D eigenvalue weighted by atomic mass is 35.5. The number of carbonyl (C=O) groups excluding carboxylic acids is 1. The molecule has 0 spiro atoms. The van der Waals surface area contributed by atoms with Crippen LogP contribution in [0.3, 0.4) is 0 Å². The van der Waals surface area contributed by atoms with E-state index in [1.54, 1.807) is 43.3 Å². The molecule has 0 radical (unpaired) electrons. The van der Waals surface area contributed by atoms with Crippen LogP contribution in [0.5, 0.6) is 0 Å². The highest BCUT2D eigenvalue weighted by molar-refractivity contribution is 6.35. The summed E-state index contributed by atoms with van der Waals surface area (Å²) >= 11 is 11.9. The van der Waals surface area contributed by atoms with Gasteiger partial charge in [0.2, 0.25) is 5.95 Å². The molecule has 118 valence electrons. The summed E-state index contributed by atoms with van der Waals surface area (Å²) in [7, 11) is 0. The maximum absolute atomic E-state index is 11.8. The van der Waals surface area contributed by atoms with Crippen LogP contribution in [0.15, 0.2) is 36.4 Å². The Kier molecular flexibility index (Phi) is 4.41. The molecule has 5 nitrogen and oxygen atoms in total. The van der Waals surface area contributed by atoms with Crippen molar-refractivity contribution >= 4 is 51.8 Å². The molecule has 1 aromatic heterocycles. The predicted octanol–water partition coefficient (Wildman–Crippen LogP) is 4.79. The van der Waals surface area contributed by atoms with E-state index in [1.807, 2.05) is 0 Å². The third-order valence-corrected chi connectivity index (χ3v) is 3.55. The standard InChI is InChI=1S/C16H13Cl2N3O2/c1-2-23-15(22)9-3-4-13-14(5-9)21-16(20-13)19-12-7-10(17)6-11(18)8-12/h3-8H,2H2,1H3,(H2,19,20,21). The minimum atomic E-state index is -0.361. The zero-order valence-corrected chi connectivity index (χ0v) is 13.7.